The summed E-state index contributed by atoms with van der Waals surface area (Å²) in [5.41, 5.74) is 0.576. The van der Waals surface area contributed by atoms with Crippen molar-refractivity contribution in [3.05, 3.63) is 30.3 Å². The van der Waals surface area contributed by atoms with E-state index in [0.29, 0.717) is 38.2 Å². The molecule has 1 aromatic rings. The molecule has 2 fully saturated rings. The molecule has 2 heterocycles. The van der Waals surface area contributed by atoms with Crippen LogP contribution in [0, 0.1) is 0 Å². The molecule has 8 heteroatoms. The maximum atomic E-state index is 12.8. The molecule has 0 aliphatic carbocycles. The molecule has 0 unspecified atom stereocenters. The third-order valence-electron chi connectivity index (χ3n) is 5.11. The molecule has 2 aliphatic heterocycles. The van der Waals surface area contributed by atoms with E-state index in [4.69, 9.17) is 4.74 Å². The summed E-state index contributed by atoms with van der Waals surface area (Å²) in [5, 5.41) is 0. The Balaban J connectivity index is 1.52. The molecular weight excluding hydrogens is 362 g/mol. The molecule has 0 saturated carbocycles. The Morgan fingerprint density at radius 3 is 2.39 bits per heavy atom. The molecule has 2 aliphatic rings. The molecule has 2 saturated heterocycles. The topological polar surface area (TPSA) is 87.2 Å². The van der Waals surface area contributed by atoms with Crippen molar-refractivity contribution in [3.63, 3.8) is 0 Å². The van der Waals surface area contributed by atoms with Crippen LogP contribution in [0.5, 0.6) is 0 Å². The Bertz CT molecular complexity index is 743. The number of nitrogens with zero attached hydrogens (tertiary/aromatic N) is 3. The molecule has 8 nitrogen and oxygen atoms in total. The van der Waals surface area contributed by atoms with Gasteiger partial charge in [-0.1, -0.05) is 18.2 Å². The van der Waals surface area contributed by atoms with Gasteiger partial charge in [0.25, 0.3) is 5.91 Å². The summed E-state index contributed by atoms with van der Waals surface area (Å²) >= 11 is 0. The van der Waals surface area contributed by atoms with Crippen LogP contribution in [-0.2, 0) is 19.1 Å². The highest BCUT2D eigenvalue weighted by Gasteiger charge is 2.41. The van der Waals surface area contributed by atoms with E-state index in [0.717, 1.165) is 0 Å². The lowest BCUT2D eigenvalue weighted by Crippen LogP contribution is -2.48. The van der Waals surface area contributed by atoms with Gasteiger partial charge in [-0.2, -0.15) is 0 Å². The van der Waals surface area contributed by atoms with Crippen LogP contribution in [-0.4, -0.2) is 65.9 Å². The molecule has 0 radical (unpaired) electrons. The normalized spacial score (nSPS) is 18.0. The van der Waals surface area contributed by atoms with Gasteiger partial charge in [0.2, 0.25) is 5.91 Å². The first kappa shape index (κ1) is 19.9. The van der Waals surface area contributed by atoms with Gasteiger partial charge in [0.05, 0.1) is 18.7 Å². The molecule has 150 valence electrons. The molecule has 3 rings (SSSR count). The summed E-state index contributed by atoms with van der Waals surface area (Å²) in [6, 6.07) is 8.52. The average molecular weight is 387 g/mol. The minimum absolute atomic E-state index is 0.0647. The van der Waals surface area contributed by atoms with E-state index in [2.05, 4.69) is 0 Å². The van der Waals surface area contributed by atoms with Gasteiger partial charge in [0, 0.05) is 25.6 Å². The summed E-state index contributed by atoms with van der Waals surface area (Å²) in [4.78, 5) is 53.3. The molecule has 0 aromatic heterocycles. The first-order valence-electron chi connectivity index (χ1n) is 9.63. The zero-order valence-electron chi connectivity index (χ0n) is 16.0. The lowest BCUT2D eigenvalue weighted by Gasteiger charge is -2.36. The standard InChI is InChI=1S/C20H25N3O5/c1-2-28-19(26)9-8-17(24)21-12-10-15(11-13-21)22-14-18(25)23(20(22)27)16-6-4-3-5-7-16/h3-7,15H,2,8-14H2,1H3. The van der Waals surface area contributed by atoms with Crippen molar-refractivity contribution in [2.45, 2.75) is 38.6 Å². The van der Waals surface area contributed by atoms with E-state index in [1.807, 2.05) is 6.07 Å². The molecule has 4 amide bonds. The van der Waals surface area contributed by atoms with Gasteiger partial charge in [0.1, 0.15) is 6.54 Å². The Morgan fingerprint density at radius 1 is 1.07 bits per heavy atom. The van der Waals surface area contributed by atoms with Crippen molar-refractivity contribution in [2.24, 2.45) is 0 Å². The van der Waals surface area contributed by atoms with Gasteiger partial charge in [-0.15, -0.1) is 0 Å². The quantitative estimate of drug-likeness (QED) is 0.549. The number of hydrogen-bond donors (Lipinski definition) is 0. The van der Waals surface area contributed by atoms with Crippen molar-refractivity contribution < 1.29 is 23.9 Å². The van der Waals surface area contributed by atoms with E-state index >= 15 is 0 Å². The lowest BCUT2D eigenvalue weighted by molar-refractivity contribution is -0.146. The maximum Gasteiger partial charge on any atom is 0.332 e. The Labute approximate surface area is 164 Å². The second-order valence-corrected chi connectivity index (χ2v) is 6.89. The molecule has 28 heavy (non-hydrogen) atoms. The van der Waals surface area contributed by atoms with E-state index in [-0.39, 0.29) is 49.2 Å². The highest BCUT2D eigenvalue weighted by atomic mass is 16.5. The number of amides is 4. The predicted octanol–water partition coefficient (Wildman–Crippen LogP) is 1.79. The summed E-state index contributed by atoms with van der Waals surface area (Å²) in [6.45, 7) is 3.12. The number of hydrogen-bond acceptors (Lipinski definition) is 5. The second kappa shape index (κ2) is 8.86. The lowest BCUT2D eigenvalue weighted by atomic mass is 10.0. The number of piperidine rings is 1. The van der Waals surface area contributed by atoms with Crippen LogP contribution in [0.1, 0.15) is 32.6 Å². The zero-order chi connectivity index (χ0) is 20.1. The van der Waals surface area contributed by atoms with Crippen molar-refractivity contribution >= 4 is 29.5 Å². The highest BCUT2D eigenvalue weighted by molar-refractivity contribution is 6.19. The van der Waals surface area contributed by atoms with E-state index in [9.17, 15) is 19.2 Å². The number of para-hydroxylation sites is 1. The van der Waals surface area contributed by atoms with Crippen molar-refractivity contribution in [1.29, 1.82) is 0 Å². The van der Waals surface area contributed by atoms with Crippen LogP contribution in [0.25, 0.3) is 0 Å². The third-order valence-corrected chi connectivity index (χ3v) is 5.11. The Hall–Kier alpha value is -2.90. The number of esters is 1. The van der Waals surface area contributed by atoms with Gasteiger partial charge >= 0.3 is 12.0 Å². The van der Waals surface area contributed by atoms with E-state index in [1.165, 1.54) is 4.90 Å². The first-order valence-corrected chi connectivity index (χ1v) is 9.63. The number of carbonyl (C=O) groups excluding carboxylic acids is 4. The number of likely N-dealkylation sites (tertiary alicyclic amines) is 1. The van der Waals surface area contributed by atoms with Crippen molar-refractivity contribution in [3.8, 4) is 0 Å². The maximum absolute atomic E-state index is 12.8. The SMILES string of the molecule is CCOC(=O)CCC(=O)N1CCC(N2CC(=O)N(c3ccccc3)C2=O)CC1. The van der Waals surface area contributed by atoms with Gasteiger partial charge in [-0.3, -0.25) is 14.4 Å². The molecule has 0 N–H and O–H groups in total. The van der Waals surface area contributed by atoms with E-state index in [1.54, 1.807) is 41.0 Å². The fourth-order valence-corrected chi connectivity index (χ4v) is 3.66. The van der Waals surface area contributed by atoms with E-state index < -0.39 is 0 Å². The minimum atomic E-state index is -0.368. The number of benzene rings is 1. The number of anilines is 1. The third kappa shape index (κ3) is 4.32. The van der Waals surface area contributed by atoms with Gasteiger partial charge in [0.15, 0.2) is 0 Å². The van der Waals surface area contributed by atoms with Crippen LogP contribution >= 0.6 is 0 Å². The zero-order valence-corrected chi connectivity index (χ0v) is 16.0. The molecule has 0 atom stereocenters. The fourth-order valence-electron chi connectivity index (χ4n) is 3.66. The summed E-state index contributed by atoms with van der Waals surface area (Å²) in [7, 11) is 0. The van der Waals surface area contributed by atoms with Crippen LogP contribution in [0.15, 0.2) is 30.3 Å². The molecule has 0 spiro atoms. The number of ether oxygens (including phenoxy) is 1. The fraction of sp³-hybridized carbons (Fsp3) is 0.500. The number of rotatable bonds is 6. The van der Waals surface area contributed by atoms with Crippen LogP contribution < -0.4 is 4.90 Å². The average Bonchev–Trinajstić information content (AvgIpc) is 3.01. The van der Waals surface area contributed by atoms with Crippen molar-refractivity contribution in [2.75, 3.05) is 31.1 Å². The second-order valence-electron chi connectivity index (χ2n) is 6.89. The van der Waals surface area contributed by atoms with Crippen molar-refractivity contribution in [1.82, 2.24) is 9.80 Å². The van der Waals surface area contributed by atoms with Crippen LogP contribution in [0.2, 0.25) is 0 Å². The Kier molecular flexibility index (Phi) is 6.28. The Morgan fingerprint density at radius 2 is 1.75 bits per heavy atom. The summed E-state index contributed by atoms with van der Waals surface area (Å²) in [5.74, 6) is -0.682. The van der Waals surface area contributed by atoms with Gasteiger partial charge < -0.3 is 14.5 Å². The van der Waals surface area contributed by atoms with Gasteiger partial charge in [-0.25, -0.2) is 9.69 Å². The van der Waals surface area contributed by atoms with Crippen LogP contribution in [0.4, 0.5) is 10.5 Å². The summed E-state index contributed by atoms with van der Waals surface area (Å²) in [6.07, 6.45) is 1.45. The summed E-state index contributed by atoms with van der Waals surface area (Å²) < 4.78 is 4.84. The first-order chi connectivity index (χ1) is 13.5. The smallest absolute Gasteiger partial charge is 0.332 e. The van der Waals surface area contributed by atoms with Gasteiger partial charge in [-0.05, 0) is 31.9 Å². The minimum Gasteiger partial charge on any atom is -0.466 e. The molecule has 1 aromatic carbocycles. The monoisotopic (exact) mass is 387 g/mol. The number of urea groups is 1. The highest BCUT2D eigenvalue weighted by Crippen LogP contribution is 2.26. The molecular formula is C20H25N3O5. The number of carbonyl (C=O) groups is 4. The predicted molar refractivity (Wildman–Crippen MR) is 101 cm³/mol. The largest absolute Gasteiger partial charge is 0.466 e. The van der Waals surface area contributed by atoms with Crippen LogP contribution in [0.3, 0.4) is 0 Å². The molecule has 0 bridgehead atoms. The number of imide groups is 1.